The van der Waals surface area contributed by atoms with E-state index in [0.717, 1.165) is 19.3 Å². The third kappa shape index (κ3) is 3.84. The van der Waals surface area contributed by atoms with Crippen molar-refractivity contribution < 1.29 is 29.0 Å². The van der Waals surface area contributed by atoms with Gasteiger partial charge in [0.2, 0.25) is 0 Å². The molecule has 1 aromatic carbocycles. The molecule has 4 bridgehead atoms. The summed E-state index contributed by atoms with van der Waals surface area (Å²) in [5.74, 6) is -2.14. The summed E-state index contributed by atoms with van der Waals surface area (Å²) < 4.78 is 10.8. The molecule has 4 fully saturated rings. The van der Waals surface area contributed by atoms with Gasteiger partial charge in [0, 0.05) is 5.69 Å². The van der Waals surface area contributed by atoms with E-state index in [2.05, 4.69) is 10.4 Å². The molecule has 36 heavy (non-hydrogen) atoms. The Balaban J connectivity index is 1.53. The van der Waals surface area contributed by atoms with Gasteiger partial charge in [-0.15, -0.1) is 0 Å². The molecule has 4 aliphatic rings. The highest BCUT2D eigenvalue weighted by atomic mass is 35.5. The Hall–Kier alpha value is -3.40. The molecular weight excluding hydrogens is 490 g/mol. The highest BCUT2D eigenvalue weighted by Crippen LogP contribution is 2.61. The van der Waals surface area contributed by atoms with Crippen LogP contribution >= 0.6 is 11.6 Å². The van der Waals surface area contributed by atoms with Crippen LogP contribution < -0.4 is 10.9 Å². The molecule has 11 heteroatoms. The van der Waals surface area contributed by atoms with Crippen molar-refractivity contribution in [2.75, 3.05) is 19.5 Å². The molecule has 190 valence electrons. The number of esters is 2. The Morgan fingerprint density at radius 2 is 1.64 bits per heavy atom. The van der Waals surface area contributed by atoms with Gasteiger partial charge in [-0.2, -0.15) is 5.10 Å². The van der Waals surface area contributed by atoms with Crippen molar-refractivity contribution in [2.24, 2.45) is 23.7 Å². The van der Waals surface area contributed by atoms with E-state index in [9.17, 15) is 24.3 Å². The summed E-state index contributed by atoms with van der Waals surface area (Å²) in [5.41, 5.74) is -0.837. The van der Waals surface area contributed by atoms with Gasteiger partial charge in [-0.1, -0.05) is 11.6 Å². The number of methoxy groups -OCH3 is 2. The number of hydrogen-bond donors (Lipinski definition) is 2. The molecular formula is C25H26ClN3O7. The second kappa shape index (κ2) is 8.92. The molecule has 3 atom stereocenters. The van der Waals surface area contributed by atoms with Gasteiger partial charge >= 0.3 is 17.9 Å². The number of rotatable bonds is 6. The molecule has 0 saturated heterocycles. The molecule has 4 aliphatic carbocycles. The number of carboxylic acid groups (broad SMARTS) is 1. The van der Waals surface area contributed by atoms with E-state index in [0.29, 0.717) is 24.7 Å². The summed E-state index contributed by atoms with van der Waals surface area (Å²) in [7, 11) is 2.44. The van der Waals surface area contributed by atoms with Crippen LogP contribution in [0.4, 0.5) is 11.4 Å². The zero-order valence-corrected chi connectivity index (χ0v) is 20.6. The maximum absolute atomic E-state index is 13.5. The maximum Gasteiger partial charge on any atom is 0.337 e. The number of ether oxygens (including phenoxy) is 2. The van der Waals surface area contributed by atoms with Gasteiger partial charge in [0.1, 0.15) is 5.02 Å². The van der Waals surface area contributed by atoms with E-state index >= 15 is 0 Å². The number of nitrogens with one attached hydrogen (secondary N) is 1. The van der Waals surface area contributed by atoms with Crippen molar-refractivity contribution in [1.29, 1.82) is 0 Å². The predicted molar refractivity (Wildman–Crippen MR) is 129 cm³/mol. The van der Waals surface area contributed by atoms with E-state index in [1.165, 1.54) is 43.3 Å². The van der Waals surface area contributed by atoms with Crippen LogP contribution in [0.3, 0.4) is 0 Å². The molecule has 10 nitrogen and oxygen atoms in total. The molecule has 0 spiro atoms. The number of nitrogens with zero attached hydrogens (tertiary/aromatic N) is 2. The summed E-state index contributed by atoms with van der Waals surface area (Å²) in [6.45, 7) is 0. The zero-order valence-electron chi connectivity index (χ0n) is 19.8. The molecule has 6 rings (SSSR count). The number of carbonyl (C=O) groups is 3. The molecule has 1 heterocycles. The zero-order chi connectivity index (χ0) is 25.8. The minimum atomic E-state index is -0.902. The number of hydrogen-bond acceptors (Lipinski definition) is 8. The fourth-order valence-corrected chi connectivity index (χ4v) is 7.07. The smallest absolute Gasteiger partial charge is 0.337 e. The van der Waals surface area contributed by atoms with Crippen molar-refractivity contribution in [3.05, 3.63) is 50.9 Å². The first-order valence-electron chi connectivity index (χ1n) is 11.8. The average Bonchev–Trinajstić information content (AvgIpc) is 2.84. The summed E-state index contributed by atoms with van der Waals surface area (Å²) in [6, 6.07) is 4.22. The summed E-state index contributed by atoms with van der Waals surface area (Å²) >= 11 is 6.51. The van der Waals surface area contributed by atoms with Crippen molar-refractivity contribution >= 4 is 40.9 Å². The minimum Gasteiger partial charge on any atom is -0.481 e. The van der Waals surface area contributed by atoms with Crippen molar-refractivity contribution in [3.8, 4) is 0 Å². The van der Waals surface area contributed by atoms with Gasteiger partial charge in [0.05, 0.1) is 48.7 Å². The molecule has 0 amide bonds. The summed E-state index contributed by atoms with van der Waals surface area (Å²) in [5, 5.41) is 17.3. The second-order valence-electron chi connectivity index (χ2n) is 10.0. The van der Waals surface area contributed by atoms with Gasteiger partial charge in [0.15, 0.2) is 0 Å². The molecule has 1 aromatic heterocycles. The van der Waals surface area contributed by atoms with Crippen LogP contribution in [-0.4, -0.2) is 47.0 Å². The highest BCUT2D eigenvalue weighted by Gasteiger charge is 2.61. The molecule has 2 aromatic rings. The summed E-state index contributed by atoms with van der Waals surface area (Å²) in [4.78, 5) is 50.0. The largest absolute Gasteiger partial charge is 0.481 e. The predicted octanol–water partition coefficient (Wildman–Crippen LogP) is 3.45. The highest BCUT2D eigenvalue weighted by molar-refractivity contribution is 6.33. The Bertz CT molecular complexity index is 1270. The molecule has 0 radical (unpaired) electrons. The van der Waals surface area contributed by atoms with Crippen molar-refractivity contribution in [2.45, 2.75) is 37.6 Å². The van der Waals surface area contributed by atoms with Crippen LogP contribution in [0.2, 0.25) is 5.02 Å². The second-order valence-corrected chi connectivity index (χ2v) is 10.4. The quantitative estimate of drug-likeness (QED) is 0.554. The van der Waals surface area contributed by atoms with Gasteiger partial charge in [-0.05, 0) is 68.1 Å². The first-order valence-corrected chi connectivity index (χ1v) is 12.1. The monoisotopic (exact) mass is 515 g/mol. The fourth-order valence-electron chi connectivity index (χ4n) is 6.90. The summed E-state index contributed by atoms with van der Waals surface area (Å²) in [6.07, 6.45) is 5.37. The van der Waals surface area contributed by atoms with E-state index < -0.39 is 34.9 Å². The first-order chi connectivity index (χ1) is 17.2. The number of anilines is 2. The number of carboxylic acids is 1. The molecule has 2 N–H and O–H groups in total. The molecule has 4 saturated carbocycles. The van der Waals surface area contributed by atoms with E-state index in [1.807, 2.05) is 0 Å². The van der Waals surface area contributed by atoms with Crippen molar-refractivity contribution in [1.82, 2.24) is 9.78 Å². The van der Waals surface area contributed by atoms with E-state index in [4.69, 9.17) is 21.1 Å². The standard InChI is InChI=1S/C25H26ClN3O7/c1-35-23(33)15-6-16(24(34)36-2)8-17(7-15)28-18-11-27-29(21(30)20(18)26)25-9-12-3-13(10-25)5-14(4-12)19(25)22(31)32/h6-8,11-14,19,28H,3-5,9-10H2,1-2H3,(H,31,32)/t12-,13-,14?,19+,25?/m0/s1. The lowest BCUT2D eigenvalue weighted by Gasteiger charge is -2.59. The van der Waals surface area contributed by atoms with Gasteiger partial charge in [-0.25, -0.2) is 14.3 Å². The Labute approximate surface area is 211 Å². The lowest BCUT2D eigenvalue weighted by atomic mass is 9.48. The maximum atomic E-state index is 13.5. The number of aromatic nitrogens is 2. The van der Waals surface area contributed by atoms with E-state index in [-0.39, 0.29) is 33.4 Å². The fraction of sp³-hybridized carbons (Fsp3) is 0.480. The number of carbonyl (C=O) groups excluding carboxylic acids is 2. The van der Waals surface area contributed by atoms with Crippen LogP contribution in [-0.2, 0) is 19.8 Å². The van der Waals surface area contributed by atoms with E-state index in [1.54, 1.807) is 0 Å². The SMILES string of the molecule is COC(=O)c1cc(Nc2cnn(C34C[C@@H]5CC(C[C@H](C5)C3)[C@@H]4C(=O)O)c(=O)c2Cl)cc(C(=O)OC)c1. The third-order valence-corrected chi connectivity index (χ3v) is 8.30. The normalized spacial score (nSPS) is 28.0. The molecule has 0 unspecified atom stereocenters. The van der Waals surface area contributed by atoms with Gasteiger partial charge in [0.25, 0.3) is 5.56 Å². The number of benzene rings is 1. The number of halogens is 1. The van der Waals surface area contributed by atoms with Crippen LogP contribution in [0.15, 0.2) is 29.2 Å². The number of aliphatic carboxylic acids is 1. The Morgan fingerprint density at radius 1 is 1.06 bits per heavy atom. The molecule has 0 aliphatic heterocycles. The van der Waals surface area contributed by atoms with Gasteiger partial charge in [-0.3, -0.25) is 9.59 Å². The Morgan fingerprint density at radius 3 is 2.17 bits per heavy atom. The van der Waals surface area contributed by atoms with Crippen molar-refractivity contribution in [3.63, 3.8) is 0 Å². The van der Waals surface area contributed by atoms with Crippen LogP contribution in [0.5, 0.6) is 0 Å². The lowest BCUT2D eigenvalue weighted by Crippen LogP contribution is -2.63. The first kappa shape index (κ1) is 24.3. The van der Waals surface area contributed by atoms with Crippen LogP contribution in [0.25, 0.3) is 0 Å². The van der Waals surface area contributed by atoms with Crippen LogP contribution in [0.1, 0.15) is 52.8 Å². The lowest BCUT2D eigenvalue weighted by molar-refractivity contribution is -0.168. The average molecular weight is 516 g/mol. The minimum absolute atomic E-state index is 0.0248. The van der Waals surface area contributed by atoms with Crippen LogP contribution in [0, 0.1) is 23.7 Å². The topological polar surface area (TPSA) is 137 Å². The van der Waals surface area contributed by atoms with Gasteiger partial charge < -0.3 is 19.9 Å². The Kier molecular flexibility index (Phi) is 6.02. The third-order valence-electron chi connectivity index (χ3n) is 7.93.